The number of benzene rings is 1. The van der Waals surface area contributed by atoms with Crippen LogP contribution in [-0.2, 0) is 4.79 Å². The zero-order valence-corrected chi connectivity index (χ0v) is 13.3. The Bertz CT molecular complexity index is 695. The molecule has 3 rings (SSSR count). The third kappa shape index (κ3) is 3.48. The van der Waals surface area contributed by atoms with E-state index in [2.05, 4.69) is 10.6 Å². The summed E-state index contributed by atoms with van der Waals surface area (Å²) in [6.45, 7) is 0. The first kappa shape index (κ1) is 15.1. The van der Waals surface area contributed by atoms with E-state index in [9.17, 15) is 9.59 Å². The van der Waals surface area contributed by atoms with Gasteiger partial charge in [-0.1, -0.05) is 30.3 Å². The number of nitrogens with one attached hydrogen (secondary N) is 2. The molecule has 0 atom stereocenters. The van der Waals surface area contributed by atoms with Gasteiger partial charge in [-0.25, -0.2) is 0 Å². The summed E-state index contributed by atoms with van der Waals surface area (Å²) in [6.07, 6.45) is 2.04. The number of thiophene rings is 1. The topological polar surface area (TPSA) is 58.2 Å². The van der Waals surface area contributed by atoms with Crippen LogP contribution in [-0.4, -0.2) is 23.7 Å². The molecule has 0 bridgehead atoms. The maximum absolute atomic E-state index is 12.3. The second-order valence-electron chi connectivity index (χ2n) is 5.15. The van der Waals surface area contributed by atoms with E-state index in [1.54, 1.807) is 0 Å². The summed E-state index contributed by atoms with van der Waals surface area (Å²) in [5.41, 5.74) is 1.51. The maximum atomic E-state index is 12.3. The van der Waals surface area contributed by atoms with E-state index in [1.165, 1.54) is 11.3 Å². The fourth-order valence-corrected chi connectivity index (χ4v) is 3.19. The van der Waals surface area contributed by atoms with E-state index in [4.69, 9.17) is 11.6 Å². The highest BCUT2D eigenvalue weighted by Crippen LogP contribution is 2.36. The van der Waals surface area contributed by atoms with Crippen molar-refractivity contribution in [1.82, 2.24) is 5.32 Å². The average molecular weight is 335 g/mol. The minimum absolute atomic E-state index is 0.137. The maximum Gasteiger partial charge on any atom is 0.254 e. The van der Waals surface area contributed by atoms with Crippen LogP contribution in [0, 0.1) is 0 Å². The fraction of sp³-hybridized carbons (Fsp3) is 0.250. The van der Waals surface area contributed by atoms with Crippen LogP contribution in [0.2, 0.25) is 0 Å². The number of hydrogen-bond donors (Lipinski definition) is 2. The first-order valence-corrected chi connectivity index (χ1v) is 8.38. The van der Waals surface area contributed by atoms with Crippen LogP contribution in [0.15, 0.2) is 36.4 Å². The monoisotopic (exact) mass is 334 g/mol. The van der Waals surface area contributed by atoms with Crippen molar-refractivity contribution in [2.24, 2.45) is 0 Å². The third-order valence-electron chi connectivity index (χ3n) is 3.32. The molecule has 1 saturated carbocycles. The molecule has 1 heterocycles. The summed E-state index contributed by atoms with van der Waals surface area (Å²) in [7, 11) is 0. The number of carbonyl (C=O) groups excluding carboxylic acids is 2. The Balaban J connectivity index is 1.92. The molecule has 0 unspecified atom stereocenters. The molecule has 0 aliphatic heterocycles. The van der Waals surface area contributed by atoms with Crippen molar-refractivity contribution in [3.05, 3.63) is 42.0 Å². The molecule has 1 fully saturated rings. The third-order valence-corrected chi connectivity index (χ3v) is 4.66. The van der Waals surface area contributed by atoms with E-state index in [1.807, 2.05) is 36.4 Å². The Labute approximate surface area is 137 Å². The Morgan fingerprint density at radius 2 is 1.95 bits per heavy atom. The van der Waals surface area contributed by atoms with Gasteiger partial charge < -0.3 is 10.6 Å². The van der Waals surface area contributed by atoms with Gasteiger partial charge in [0.2, 0.25) is 5.91 Å². The van der Waals surface area contributed by atoms with Crippen LogP contribution >= 0.6 is 22.9 Å². The average Bonchev–Trinajstić information content (AvgIpc) is 3.25. The van der Waals surface area contributed by atoms with Crippen molar-refractivity contribution in [3.63, 3.8) is 0 Å². The molecule has 2 amide bonds. The zero-order chi connectivity index (χ0) is 15.5. The van der Waals surface area contributed by atoms with E-state index in [0.29, 0.717) is 10.6 Å². The van der Waals surface area contributed by atoms with Crippen molar-refractivity contribution < 1.29 is 9.59 Å². The SMILES string of the molecule is O=C(CCl)Nc1sc(-c2ccccc2)cc1C(=O)NC1CC1. The lowest BCUT2D eigenvalue weighted by atomic mass is 10.1. The Kier molecular flexibility index (Phi) is 4.45. The number of carbonyl (C=O) groups is 2. The molecule has 1 aliphatic rings. The number of amides is 2. The first-order valence-electron chi connectivity index (χ1n) is 7.03. The van der Waals surface area contributed by atoms with Gasteiger partial charge in [-0.3, -0.25) is 9.59 Å². The molecule has 2 aromatic rings. The van der Waals surface area contributed by atoms with Gasteiger partial charge in [-0.15, -0.1) is 22.9 Å². The second-order valence-corrected chi connectivity index (χ2v) is 6.47. The quantitative estimate of drug-likeness (QED) is 0.822. The molecule has 4 nitrogen and oxygen atoms in total. The molecule has 0 spiro atoms. The van der Waals surface area contributed by atoms with Crippen LogP contribution in [0.1, 0.15) is 23.2 Å². The summed E-state index contributed by atoms with van der Waals surface area (Å²) >= 11 is 6.92. The summed E-state index contributed by atoms with van der Waals surface area (Å²) in [5, 5.41) is 6.21. The highest BCUT2D eigenvalue weighted by atomic mass is 35.5. The highest BCUT2D eigenvalue weighted by molar-refractivity contribution is 7.20. The smallest absolute Gasteiger partial charge is 0.254 e. The van der Waals surface area contributed by atoms with Gasteiger partial charge in [0.05, 0.1) is 5.56 Å². The number of hydrogen-bond acceptors (Lipinski definition) is 3. The lowest BCUT2D eigenvalue weighted by molar-refractivity contribution is -0.113. The molecule has 0 saturated heterocycles. The van der Waals surface area contributed by atoms with Gasteiger partial charge in [0.25, 0.3) is 5.91 Å². The molecule has 2 N–H and O–H groups in total. The molecule has 6 heteroatoms. The number of rotatable bonds is 5. The van der Waals surface area contributed by atoms with Crippen LogP contribution < -0.4 is 10.6 Å². The molecule has 1 aromatic heterocycles. The van der Waals surface area contributed by atoms with Crippen molar-refractivity contribution >= 4 is 39.8 Å². The Morgan fingerprint density at radius 1 is 1.23 bits per heavy atom. The van der Waals surface area contributed by atoms with Gasteiger partial charge in [0, 0.05) is 10.9 Å². The zero-order valence-electron chi connectivity index (χ0n) is 11.8. The highest BCUT2D eigenvalue weighted by Gasteiger charge is 2.26. The van der Waals surface area contributed by atoms with Crippen molar-refractivity contribution in [3.8, 4) is 10.4 Å². The van der Waals surface area contributed by atoms with Crippen LogP contribution in [0.25, 0.3) is 10.4 Å². The van der Waals surface area contributed by atoms with Gasteiger partial charge in [-0.05, 0) is 24.5 Å². The number of halogens is 1. The summed E-state index contributed by atoms with van der Waals surface area (Å²) in [5.74, 6) is -0.600. The van der Waals surface area contributed by atoms with Crippen molar-refractivity contribution in [1.29, 1.82) is 0 Å². The summed E-state index contributed by atoms with van der Waals surface area (Å²) < 4.78 is 0. The standard InChI is InChI=1S/C16H15ClN2O2S/c17-9-14(20)19-16-12(15(21)18-11-6-7-11)8-13(22-16)10-4-2-1-3-5-10/h1-5,8,11H,6-7,9H2,(H,18,21)(H,19,20). The minimum Gasteiger partial charge on any atom is -0.349 e. The predicted octanol–water partition coefficient (Wildman–Crippen LogP) is 3.48. The van der Waals surface area contributed by atoms with Crippen LogP contribution in [0.3, 0.4) is 0 Å². The summed E-state index contributed by atoms with van der Waals surface area (Å²) in [6, 6.07) is 11.9. The van der Waals surface area contributed by atoms with Crippen molar-refractivity contribution in [2.45, 2.75) is 18.9 Å². The van der Waals surface area contributed by atoms with E-state index >= 15 is 0 Å². The van der Waals surface area contributed by atoms with E-state index in [-0.39, 0.29) is 23.7 Å². The molecule has 1 aromatic carbocycles. The molecule has 114 valence electrons. The minimum atomic E-state index is -0.316. The largest absolute Gasteiger partial charge is 0.349 e. The Morgan fingerprint density at radius 3 is 2.59 bits per heavy atom. The van der Waals surface area contributed by atoms with E-state index < -0.39 is 0 Å². The molecular weight excluding hydrogens is 320 g/mol. The molecule has 1 aliphatic carbocycles. The van der Waals surface area contributed by atoms with Crippen LogP contribution in [0.4, 0.5) is 5.00 Å². The van der Waals surface area contributed by atoms with E-state index in [0.717, 1.165) is 23.3 Å². The van der Waals surface area contributed by atoms with Crippen LogP contribution in [0.5, 0.6) is 0 Å². The van der Waals surface area contributed by atoms with Crippen molar-refractivity contribution in [2.75, 3.05) is 11.2 Å². The summed E-state index contributed by atoms with van der Waals surface area (Å²) in [4.78, 5) is 24.8. The lowest BCUT2D eigenvalue weighted by Crippen LogP contribution is -2.26. The van der Waals surface area contributed by atoms with Gasteiger partial charge in [0.15, 0.2) is 0 Å². The molecule has 22 heavy (non-hydrogen) atoms. The molecule has 0 radical (unpaired) electrons. The van der Waals surface area contributed by atoms with Gasteiger partial charge in [0.1, 0.15) is 10.9 Å². The normalized spacial score (nSPS) is 13.7. The predicted molar refractivity (Wildman–Crippen MR) is 89.6 cm³/mol. The van der Waals surface area contributed by atoms with Gasteiger partial charge in [-0.2, -0.15) is 0 Å². The fourth-order valence-electron chi connectivity index (χ4n) is 2.05. The Hall–Kier alpha value is -1.85. The lowest BCUT2D eigenvalue weighted by Gasteiger charge is -2.05. The number of anilines is 1. The second kappa shape index (κ2) is 6.50. The van der Waals surface area contributed by atoms with Gasteiger partial charge >= 0.3 is 0 Å². The molecular formula is C16H15ClN2O2S. The number of alkyl halides is 1. The first-order chi connectivity index (χ1) is 10.7.